The van der Waals surface area contributed by atoms with Crippen LogP contribution in [-0.2, 0) is 17.9 Å². The summed E-state index contributed by atoms with van der Waals surface area (Å²) in [7, 11) is 1.74. The minimum Gasteiger partial charge on any atom is -0.487 e. The molecule has 0 saturated carbocycles. The lowest BCUT2D eigenvalue weighted by molar-refractivity contribution is -0.116. The van der Waals surface area contributed by atoms with Crippen molar-refractivity contribution < 1.29 is 13.9 Å². The summed E-state index contributed by atoms with van der Waals surface area (Å²) in [4.78, 5) is 13.1. The van der Waals surface area contributed by atoms with Gasteiger partial charge in [-0.25, -0.2) is 4.39 Å². The Morgan fingerprint density at radius 1 is 1.00 bits per heavy atom. The number of para-hydroxylation sites is 1. The molecule has 4 nitrogen and oxygen atoms in total. The van der Waals surface area contributed by atoms with Crippen molar-refractivity contribution in [1.29, 1.82) is 0 Å². The van der Waals surface area contributed by atoms with Crippen LogP contribution in [0.4, 0.5) is 10.1 Å². The van der Waals surface area contributed by atoms with E-state index in [0.29, 0.717) is 24.5 Å². The molecule has 0 spiro atoms. The number of carbonyl (C=O) groups is 1. The van der Waals surface area contributed by atoms with E-state index in [1.807, 2.05) is 54.6 Å². The molecular weight excluding hydrogens is 379 g/mol. The van der Waals surface area contributed by atoms with E-state index in [2.05, 4.69) is 10.6 Å². The van der Waals surface area contributed by atoms with Gasteiger partial charge < -0.3 is 14.2 Å². The van der Waals surface area contributed by atoms with E-state index in [1.165, 1.54) is 13.0 Å². The molecule has 1 amide bonds. The van der Waals surface area contributed by atoms with Crippen molar-refractivity contribution in [2.75, 3.05) is 11.9 Å². The number of rotatable bonds is 6. The third-order valence-corrected chi connectivity index (χ3v) is 5.27. The summed E-state index contributed by atoms with van der Waals surface area (Å²) in [5, 5.41) is 1.09. The van der Waals surface area contributed by atoms with Crippen molar-refractivity contribution >= 4 is 22.5 Å². The van der Waals surface area contributed by atoms with Crippen LogP contribution in [0, 0.1) is 5.82 Å². The number of nitrogens with zero attached hydrogens (tertiary/aromatic N) is 2. The van der Waals surface area contributed by atoms with Crippen molar-refractivity contribution in [3.05, 3.63) is 95.9 Å². The zero-order chi connectivity index (χ0) is 21.1. The molecule has 0 aliphatic carbocycles. The van der Waals surface area contributed by atoms with Gasteiger partial charge in [0.2, 0.25) is 5.91 Å². The van der Waals surface area contributed by atoms with Crippen LogP contribution in [0.1, 0.15) is 18.2 Å². The SMILES string of the molecule is CC(=O)N(C)c1ccc(OCc2cc3ccccc3n2Cc2ccccc2F)cc1. The van der Waals surface area contributed by atoms with E-state index in [9.17, 15) is 9.18 Å². The molecule has 0 N–H and O–H groups in total. The van der Waals surface area contributed by atoms with Gasteiger partial charge in [0.05, 0.1) is 12.2 Å². The number of amides is 1. The number of halogens is 1. The predicted molar refractivity (Wildman–Crippen MR) is 117 cm³/mol. The molecule has 5 heteroatoms. The topological polar surface area (TPSA) is 34.5 Å². The number of aromatic nitrogens is 1. The van der Waals surface area contributed by atoms with Gasteiger partial charge in [-0.2, -0.15) is 0 Å². The van der Waals surface area contributed by atoms with Gasteiger partial charge in [-0.15, -0.1) is 0 Å². The summed E-state index contributed by atoms with van der Waals surface area (Å²) in [6, 6.07) is 24.4. The van der Waals surface area contributed by atoms with Gasteiger partial charge >= 0.3 is 0 Å². The second-order valence-corrected chi connectivity index (χ2v) is 7.23. The fourth-order valence-electron chi connectivity index (χ4n) is 3.48. The molecule has 0 aliphatic rings. The van der Waals surface area contributed by atoms with Crippen LogP contribution < -0.4 is 9.64 Å². The van der Waals surface area contributed by atoms with Crippen LogP contribution in [0.2, 0.25) is 0 Å². The number of hydrogen-bond donors (Lipinski definition) is 0. The molecule has 0 aliphatic heterocycles. The summed E-state index contributed by atoms with van der Waals surface area (Å²) in [5.74, 6) is 0.465. The van der Waals surface area contributed by atoms with Gasteiger partial charge in [0.1, 0.15) is 18.2 Å². The van der Waals surface area contributed by atoms with E-state index in [-0.39, 0.29) is 11.7 Å². The zero-order valence-corrected chi connectivity index (χ0v) is 17.0. The molecule has 0 saturated heterocycles. The van der Waals surface area contributed by atoms with E-state index in [1.54, 1.807) is 24.1 Å². The van der Waals surface area contributed by atoms with Crippen LogP contribution in [0.3, 0.4) is 0 Å². The Labute approximate surface area is 175 Å². The Morgan fingerprint density at radius 3 is 2.43 bits per heavy atom. The standard InChI is InChI=1S/C25H23FN2O2/c1-18(29)27(2)21-11-13-23(14-12-21)30-17-22-15-19-7-4-6-10-25(19)28(22)16-20-8-3-5-9-24(20)26/h3-15H,16-17H2,1-2H3. The molecule has 30 heavy (non-hydrogen) atoms. The molecule has 0 atom stereocenters. The molecule has 3 aromatic carbocycles. The number of benzene rings is 3. The van der Waals surface area contributed by atoms with Gasteiger partial charge in [0, 0.05) is 30.7 Å². The van der Waals surface area contributed by atoms with Crippen LogP contribution in [0.5, 0.6) is 5.75 Å². The third kappa shape index (κ3) is 4.06. The van der Waals surface area contributed by atoms with Crippen molar-refractivity contribution in [3.8, 4) is 5.75 Å². The molecular formula is C25H23FN2O2. The largest absolute Gasteiger partial charge is 0.487 e. The second-order valence-electron chi connectivity index (χ2n) is 7.23. The van der Waals surface area contributed by atoms with Crippen molar-refractivity contribution in [2.24, 2.45) is 0 Å². The van der Waals surface area contributed by atoms with Crippen LogP contribution in [-0.4, -0.2) is 17.5 Å². The van der Waals surface area contributed by atoms with E-state index < -0.39 is 0 Å². The number of anilines is 1. The lowest BCUT2D eigenvalue weighted by atomic mass is 10.2. The Balaban J connectivity index is 1.58. The zero-order valence-electron chi connectivity index (χ0n) is 17.0. The molecule has 0 radical (unpaired) electrons. The summed E-state index contributed by atoms with van der Waals surface area (Å²) < 4.78 is 22.3. The highest BCUT2D eigenvalue weighted by Crippen LogP contribution is 2.24. The average Bonchev–Trinajstić information content (AvgIpc) is 3.11. The first-order valence-electron chi connectivity index (χ1n) is 9.80. The average molecular weight is 402 g/mol. The molecule has 1 aromatic heterocycles. The maximum atomic E-state index is 14.3. The normalized spacial score (nSPS) is 10.9. The van der Waals surface area contributed by atoms with E-state index in [0.717, 1.165) is 22.3 Å². The van der Waals surface area contributed by atoms with Crippen LogP contribution >= 0.6 is 0 Å². The van der Waals surface area contributed by atoms with Gasteiger partial charge in [-0.3, -0.25) is 4.79 Å². The number of ether oxygens (including phenoxy) is 1. The monoisotopic (exact) mass is 402 g/mol. The fourth-order valence-corrected chi connectivity index (χ4v) is 3.48. The summed E-state index contributed by atoms with van der Waals surface area (Å²) in [5.41, 5.74) is 3.45. The Hall–Kier alpha value is -3.60. The highest BCUT2D eigenvalue weighted by molar-refractivity contribution is 5.90. The maximum Gasteiger partial charge on any atom is 0.223 e. The number of fused-ring (bicyclic) bond motifs is 1. The number of carbonyl (C=O) groups excluding carboxylic acids is 1. The first-order valence-corrected chi connectivity index (χ1v) is 9.80. The third-order valence-electron chi connectivity index (χ3n) is 5.27. The number of hydrogen-bond acceptors (Lipinski definition) is 2. The predicted octanol–water partition coefficient (Wildman–Crippen LogP) is 5.39. The summed E-state index contributed by atoms with van der Waals surface area (Å²) in [6.07, 6.45) is 0. The molecule has 1 heterocycles. The quantitative estimate of drug-likeness (QED) is 0.433. The summed E-state index contributed by atoms with van der Waals surface area (Å²) >= 11 is 0. The first kappa shape index (κ1) is 19.7. The highest BCUT2D eigenvalue weighted by atomic mass is 19.1. The van der Waals surface area contributed by atoms with Crippen LogP contribution in [0.25, 0.3) is 10.9 Å². The van der Waals surface area contributed by atoms with E-state index in [4.69, 9.17) is 4.74 Å². The van der Waals surface area contributed by atoms with Crippen molar-refractivity contribution in [3.63, 3.8) is 0 Å². The Kier molecular flexibility index (Phi) is 5.53. The Morgan fingerprint density at radius 2 is 1.70 bits per heavy atom. The summed E-state index contributed by atoms with van der Waals surface area (Å²) in [6.45, 7) is 2.31. The van der Waals surface area contributed by atoms with Crippen molar-refractivity contribution in [1.82, 2.24) is 4.57 Å². The molecule has 4 rings (SSSR count). The minimum absolute atomic E-state index is 0.0265. The lowest BCUT2D eigenvalue weighted by Gasteiger charge is -2.16. The first-order chi connectivity index (χ1) is 14.5. The smallest absolute Gasteiger partial charge is 0.223 e. The van der Waals surface area contributed by atoms with Gasteiger partial charge in [-0.05, 0) is 47.9 Å². The van der Waals surface area contributed by atoms with Crippen LogP contribution in [0.15, 0.2) is 78.9 Å². The van der Waals surface area contributed by atoms with Gasteiger partial charge in [0.15, 0.2) is 0 Å². The van der Waals surface area contributed by atoms with Gasteiger partial charge in [0.25, 0.3) is 0 Å². The minimum atomic E-state index is -0.215. The molecule has 0 bridgehead atoms. The molecule has 0 unspecified atom stereocenters. The Bertz CT molecular complexity index is 1180. The highest BCUT2D eigenvalue weighted by Gasteiger charge is 2.12. The van der Waals surface area contributed by atoms with Gasteiger partial charge in [-0.1, -0.05) is 36.4 Å². The molecule has 152 valence electrons. The second kappa shape index (κ2) is 8.41. The molecule has 4 aromatic rings. The maximum absolute atomic E-state index is 14.3. The lowest BCUT2D eigenvalue weighted by Crippen LogP contribution is -2.22. The van der Waals surface area contributed by atoms with Crippen molar-refractivity contribution in [2.45, 2.75) is 20.1 Å². The molecule has 0 fully saturated rings. The fraction of sp³-hybridized carbons (Fsp3) is 0.160. The van der Waals surface area contributed by atoms with E-state index >= 15 is 0 Å².